The van der Waals surface area contributed by atoms with Gasteiger partial charge in [-0.15, -0.1) is 22.7 Å². The molecule has 0 saturated carbocycles. The van der Waals surface area contributed by atoms with Crippen LogP contribution in [0.25, 0.3) is 164 Å². The summed E-state index contributed by atoms with van der Waals surface area (Å²) in [6.07, 6.45) is 3.71. The van der Waals surface area contributed by atoms with E-state index in [-0.39, 0.29) is 0 Å². The van der Waals surface area contributed by atoms with E-state index in [9.17, 15) is 0 Å². The Balaban J connectivity index is 0.689. The molecule has 0 aliphatic heterocycles. The van der Waals surface area contributed by atoms with Crippen LogP contribution < -0.4 is 0 Å². The van der Waals surface area contributed by atoms with Gasteiger partial charge in [0.25, 0.3) is 0 Å². The molecule has 0 aliphatic carbocycles. The van der Waals surface area contributed by atoms with Crippen LogP contribution in [0.1, 0.15) is 0 Å². The van der Waals surface area contributed by atoms with Gasteiger partial charge in [-0.2, -0.15) is 0 Å². The Hall–Kier alpha value is -10.9. The summed E-state index contributed by atoms with van der Waals surface area (Å²) in [5.74, 6) is 1.29. The van der Waals surface area contributed by atoms with Crippen molar-refractivity contribution in [3.05, 3.63) is 291 Å². The van der Waals surface area contributed by atoms with Crippen molar-refractivity contribution in [1.29, 1.82) is 0 Å². The fraction of sp³-hybridized carbons (Fsp3) is 0. The standard InChI is InChI=1S/C78H48N6S2/c1-2-12-52(13-3-1)69-47-70(54-27-21-49(22-28-54)58-37-39-75-65(44-58)62-15-6-8-19-73(62)85-75)82-77(81-69)57-35-33-53(34-36-57)68-46-60(41-43-80-68)51-25-31-56(32-26-51)72-48-71(83-78(84-72)64-17-5-4-14-61(64)67-18-10-11-42-79-67)55-29-23-50(24-30-55)59-38-40-76-66(45-59)63-16-7-9-20-74(63)86-76/h1-48H. The van der Waals surface area contributed by atoms with Gasteiger partial charge in [-0.1, -0.05) is 206 Å². The van der Waals surface area contributed by atoms with Crippen LogP contribution in [-0.4, -0.2) is 29.9 Å². The lowest BCUT2D eigenvalue weighted by Crippen LogP contribution is -1.98. The van der Waals surface area contributed by atoms with Gasteiger partial charge >= 0.3 is 0 Å². The highest BCUT2D eigenvalue weighted by Gasteiger charge is 2.18. The lowest BCUT2D eigenvalue weighted by atomic mass is 9.98. The molecule has 0 radical (unpaired) electrons. The Morgan fingerprint density at radius 3 is 1.10 bits per heavy atom. The molecule has 402 valence electrons. The van der Waals surface area contributed by atoms with Gasteiger partial charge in [-0.25, -0.2) is 19.9 Å². The van der Waals surface area contributed by atoms with Crippen molar-refractivity contribution in [2.45, 2.75) is 0 Å². The van der Waals surface area contributed by atoms with Gasteiger partial charge in [0.05, 0.1) is 34.2 Å². The molecule has 16 rings (SSSR count). The number of hydrogen-bond acceptors (Lipinski definition) is 8. The number of aromatic nitrogens is 6. The first-order chi connectivity index (χ1) is 42.5. The first kappa shape index (κ1) is 50.8. The lowest BCUT2D eigenvalue weighted by Gasteiger charge is -2.13. The maximum Gasteiger partial charge on any atom is 0.161 e. The van der Waals surface area contributed by atoms with Crippen molar-refractivity contribution in [2.24, 2.45) is 0 Å². The first-order valence-electron chi connectivity index (χ1n) is 28.6. The first-order valence-corrected chi connectivity index (χ1v) is 30.2. The molecule has 0 saturated heterocycles. The molecule has 10 aromatic carbocycles. The summed E-state index contributed by atoms with van der Waals surface area (Å²) in [6, 6.07) is 98.4. The van der Waals surface area contributed by atoms with Crippen molar-refractivity contribution in [3.63, 3.8) is 0 Å². The van der Waals surface area contributed by atoms with Crippen LogP contribution >= 0.6 is 22.7 Å². The number of pyridine rings is 2. The third-order valence-corrected chi connectivity index (χ3v) is 18.4. The van der Waals surface area contributed by atoms with Crippen molar-refractivity contribution in [1.82, 2.24) is 29.9 Å². The topological polar surface area (TPSA) is 77.3 Å². The monoisotopic (exact) mass is 1130 g/mol. The maximum absolute atomic E-state index is 5.29. The summed E-state index contributed by atoms with van der Waals surface area (Å²) in [6.45, 7) is 0. The Bertz CT molecular complexity index is 5200. The molecule has 6 aromatic heterocycles. The molecule has 0 amide bonds. The van der Waals surface area contributed by atoms with Gasteiger partial charge in [0.15, 0.2) is 11.6 Å². The van der Waals surface area contributed by atoms with E-state index >= 15 is 0 Å². The molecule has 0 aliphatic rings. The average Bonchev–Trinajstić information content (AvgIpc) is 2.38. The van der Waals surface area contributed by atoms with Crippen LogP contribution in [0.15, 0.2) is 291 Å². The molecule has 0 fully saturated rings. The zero-order valence-electron chi connectivity index (χ0n) is 46.2. The molecule has 6 heterocycles. The highest BCUT2D eigenvalue weighted by Crippen LogP contribution is 2.40. The third-order valence-electron chi connectivity index (χ3n) is 16.1. The van der Waals surface area contributed by atoms with Crippen LogP contribution in [0.3, 0.4) is 0 Å². The van der Waals surface area contributed by atoms with Gasteiger partial charge in [0, 0.05) is 97.2 Å². The Labute approximate surface area is 504 Å². The quantitative estimate of drug-likeness (QED) is 0.128. The summed E-state index contributed by atoms with van der Waals surface area (Å²) >= 11 is 3.68. The Morgan fingerprint density at radius 1 is 0.198 bits per heavy atom. The third kappa shape index (κ3) is 9.68. The van der Waals surface area contributed by atoms with E-state index in [1.54, 1.807) is 0 Å². The van der Waals surface area contributed by atoms with Crippen LogP contribution in [0.4, 0.5) is 0 Å². The average molecular weight is 1130 g/mol. The van der Waals surface area contributed by atoms with Gasteiger partial charge in [-0.3, -0.25) is 9.97 Å². The summed E-state index contributed by atoms with van der Waals surface area (Å²) < 4.78 is 5.21. The zero-order chi connectivity index (χ0) is 56.9. The minimum absolute atomic E-state index is 0.630. The Kier molecular flexibility index (Phi) is 12.8. The molecule has 8 heteroatoms. The van der Waals surface area contributed by atoms with Gasteiger partial charge in [-0.05, 0) is 106 Å². The van der Waals surface area contributed by atoms with Crippen LogP contribution in [0.5, 0.6) is 0 Å². The second-order valence-corrected chi connectivity index (χ2v) is 23.6. The minimum atomic E-state index is 0.630. The van der Waals surface area contributed by atoms with E-state index in [0.717, 1.165) is 101 Å². The molecule has 6 nitrogen and oxygen atoms in total. The van der Waals surface area contributed by atoms with E-state index in [1.165, 1.54) is 51.5 Å². The molecule has 0 bridgehead atoms. The fourth-order valence-electron chi connectivity index (χ4n) is 11.6. The normalized spacial score (nSPS) is 11.5. The second kappa shape index (κ2) is 21.7. The molecule has 0 spiro atoms. The molecule has 0 atom stereocenters. The fourth-order valence-corrected chi connectivity index (χ4v) is 13.8. The predicted molar refractivity (Wildman–Crippen MR) is 359 cm³/mol. The van der Waals surface area contributed by atoms with E-state index in [1.807, 2.05) is 83.6 Å². The van der Waals surface area contributed by atoms with Crippen molar-refractivity contribution in [3.8, 4) is 124 Å². The smallest absolute Gasteiger partial charge is 0.161 e. The summed E-state index contributed by atoms with van der Waals surface area (Å²) in [7, 11) is 0. The number of hydrogen-bond donors (Lipinski definition) is 0. The molecule has 16 aromatic rings. The van der Waals surface area contributed by atoms with Crippen molar-refractivity contribution in [2.75, 3.05) is 0 Å². The van der Waals surface area contributed by atoms with Crippen LogP contribution in [-0.2, 0) is 0 Å². The highest BCUT2D eigenvalue weighted by atomic mass is 32.1. The number of nitrogens with zero attached hydrogens (tertiary/aromatic N) is 6. The number of fused-ring (bicyclic) bond motifs is 6. The van der Waals surface area contributed by atoms with E-state index in [4.69, 9.17) is 29.9 Å². The SMILES string of the molecule is c1ccc(-c2cc(-c3ccc(-c4ccc5sc6ccccc6c5c4)cc3)nc(-c3ccc(-c4cc(-c5ccc(-c6cc(-c7ccc(-c8ccc9sc%10ccccc%10c9c8)cc7)nc(-c7ccccc7-c7ccccn7)n6)cc5)ccn4)cc3)n2)cc1. The van der Waals surface area contributed by atoms with Gasteiger partial charge in [0.1, 0.15) is 0 Å². The zero-order valence-corrected chi connectivity index (χ0v) is 47.8. The molecule has 0 unspecified atom stereocenters. The Morgan fingerprint density at radius 2 is 0.581 bits per heavy atom. The molecular weight excluding hydrogens is 1090 g/mol. The second-order valence-electron chi connectivity index (χ2n) is 21.4. The summed E-state index contributed by atoms with van der Waals surface area (Å²) in [4.78, 5) is 30.5. The minimum Gasteiger partial charge on any atom is -0.256 e. The number of rotatable bonds is 11. The van der Waals surface area contributed by atoms with Crippen molar-refractivity contribution >= 4 is 63.0 Å². The predicted octanol–water partition coefficient (Wildman–Crippen LogP) is 21.1. The summed E-state index contributed by atoms with van der Waals surface area (Å²) in [5, 5.41) is 5.17. The van der Waals surface area contributed by atoms with Gasteiger partial charge in [0.2, 0.25) is 0 Å². The number of benzene rings is 10. The van der Waals surface area contributed by atoms with E-state index < -0.39 is 0 Å². The van der Waals surface area contributed by atoms with E-state index in [2.05, 4.69) is 231 Å². The summed E-state index contributed by atoms with van der Waals surface area (Å²) in [5.41, 5.74) is 19.7. The lowest BCUT2D eigenvalue weighted by molar-refractivity contribution is 1.18. The van der Waals surface area contributed by atoms with Crippen molar-refractivity contribution < 1.29 is 0 Å². The van der Waals surface area contributed by atoms with Crippen LogP contribution in [0.2, 0.25) is 0 Å². The highest BCUT2D eigenvalue weighted by molar-refractivity contribution is 7.26. The van der Waals surface area contributed by atoms with E-state index in [0.29, 0.717) is 11.6 Å². The maximum atomic E-state index is 5.29. The van der Waals surface area contributed by atoms with Gasteiger partial charge < -0.3 is 0 Å². The largest absolute Gasteiger partial charge is 0.256 e. The molecule has 86 heavy (non-hydrogen) atoms. The molecular formula is C78H48N6S2. The molecule has 0 N–H and O–H groups in total. The number of thiophene rings is 2. The van der Waals surface area contributed by atoms with Crippen LogP contribution in [0, 0.1) is 0 Å².